The number of rotatable bonds is 7. The molecule has 0 spiro atoms. The van der Waals surface area contributed by atoms with Crippen LogP contribution in [0.3, 0.4) is 0 Å². The highest BCUT2D eigenvalue weighted by Crippen LogP contribution is 2.29. The number of nitrogens with zero attached hydrogens (tertiary/aromatic N) is 3. The first-order chi connectivity index (χ1) is 13.5. The lowest BCUT2D eigenvalue weighted by Gasteiger charge is -2.24. The van der Waals surface area contributed by atoms with Gasteiger partial charge in [0.1, 0.15) is 12.4 Å². The largest absolute Gasteiger partial charge is 0.492 e. The van der Waals surface area contributed by atoms with Crippen molar-refractivity contribution in [2.75, 3.05) is 38.2 Å². The van der Waals surface area contributed by atoms with Gasteiger partial charge in [0.15, 0.2) is 0 Å². The molecule has 0 aliphatic carbocycles. The minimum Gasteiger partial charge on any atom is -0.492 e. The number of nitro groups is 1. The fourth-order valence-electron chi connectivity index (χ4n) is 3.28. The zero-order chi connectivity index (χ0) is 20.1. The Hall–Kier alpha value is -3.09. The van der Waals surface area contributed by atoms with Crippen LogP contribution in [0.5, 0.6) is 5.75 Å². The molecule has 0 atom stereocenters. The van der Waals surface area contributed by atoms with E-state index in [1.165, 1.54) is 12.1 Å². The minimum atomic E-state index is -0.467. The zero-order valence-electron chi connectivity index (χ0n) is 16.3. The van der Waals surface area contributed by atoms with E-state index in [-0.39, 0.29) is 11.6 Å². The Morgan fingerprint density at radius 1 is 1.18 bits per heavy atom. The molecule has 0 N–H and O–H groups in total. The number of hydrogen-bond donors (Lipinski definition) is 0. The van der Waals surface area contributed by atoms with Gasteiger partial charge in [-0.3, -0.25) is 14.9 Å². The Labute approximate surface area is 164 Å². The first-order valence-electron chi connectivity index (χ1n) is 9.44. The highest BCUT2D eigenvalue weighted by atomic mass is 16.6. The number of likely N-dealkylation sites (N-methyl/N-ethyl adjacent to an activating group) is 1. The molecule has 2 aromatic rings. The fraction of sp³-hybridized carbons (Fsp3) is 0.381. The van der Waals surface area contributed by atoms with Crippen molar-refractivity contribution < 1.29 is 14.5 Å². The molecule has 7 heteroatoms. The number of anilines is 1. The van der Waals surface area contributed by atoms with Crippen LogP contribution in [-0.4, -0.2) is 49.0 Å². The predicted octanol–water partition coefficient (Wildman–Crippen LogP) is 3.65. The van der Waals surface area contributed by atoms with Crippen molar-refractivity contribution >= 4 is 17.3 Å². The van der Waals surface area contributed by atoms with E-state index >= 15 is 0 Å². The Balaban J connectivity index is 1.71. The lowest BCUT2D eigenvalue weighted by molar-refractivity contribution is -0.384. The number of amides is 1. The maximum atomic E-state index is 13.0. The summed E-state index contributed by atoms with van der Waals surface area (Å²) in [5, 5.41) is 11.2. The van der Waals surface area contributed by atoms with Crippen LogP contribution >= 0.6 is 0 Å². The van der Waals surface area contributed by atoms with Gasteiger partial charge in [-0.1, -0.05) is 17.7 Å². The molecule has 0 aromatic heterocycles. The zero-order valence-corrected chi connectivity index (χ0v) is 16.3. The highest BCUT2D eigenvalue weighted by molar-refractivity contribution is 6.00. The molecule has 1 heterocycles. The summed E-state index contributed by atoms with van der Waals surface area (Å²) in [6.07, 6.45) is 2.12. The first kappa shape index (κ1) is 19.7. The van der Waals surface area contributed by atoms with Crippen molar-refractivity contribution in [2.45, 2.75) is 19.8 Å². The van der Waals surface area contributed by atoms with E-state index < -0.39 is 4.92 Å². The smallest absolute Gasteiger partial charge is 0.270 e. The number of ether oxygens (including phenoxy) is 1. The van der Waals surface area contributed by atoms with E-state index in [2.05, 4.69) is 4.90 Å². The van der Waals surface area contributed by atoms with Gasteiger partial charge < -0.3 is 14.5 Å². The maximum absolute atomic E-state index is 13.0. The number of aryl methyl sites for hydroxylation is 1. The normalized spacial score (nSPS) is 13.4. The molecule has 0 saturated carbocycles. The maximum Gasteiger partial charge on any atom is 0.270 e. The van der Waals surface area contributed by atoms with Gasteiger partial charge in [-0.25, -0.2) is 0 Å². The van der Waals surface area contributed by atoms with E-state index in [4.69, 9.17) is 4.74 Å². The van der Waals surface area contributed by atoms with Crippen LogP contribution in [0.25, 0.3) is 0 Å². The Morgan fingerprint density at radius 3 is 2.50 bits per heavy atom. The summed E-state index contributed by atoms with van der Waals surface area (Å²) < 4.78 is 5.70. The summed E-state index contributed by atoms with van der Waals surface area (Å²) in [7, 11) is 1.69. The van der Waals surface area contributed by atoms with Crippen molar-refractivity contribution in [3.63, 3.8) is 0 Å². The Morgan fingerprint density at radius 2 is 1.86 bits per heavy atom. The summed E-state index contributed by atoms with van der Waals surface area (Å²) >= 11 is 0. The monoisotopic (exact) mass is 383 g/mol. The quantitative estimate of drug-likeness (QED) is 0.539. The molecule has 1 aliphatic heterocycles. The second kappa shape index (κ2) is 8.73. The minimum absolute atomic E-state index is 0.0735. The molecule has 7 nitrogen and oxygen atoms in total. The summed E-state index contributed by atoms with van der Waals surface area (Å²) in [5.74, 6) is 0.512. The molecule has 28 heavy (non-hydrogen) atoms. The van der Waals surface area contributed by atoms with Crippen molar-refractivity contribution in [3.05, 3.63) is 63.7 Å². The number of benzene rings is 2. The molecular formula is C21H25N3O4. The van der Waals surface area contributed by atoms with Crippen LogP contribution in [0.15, 0.2) is 42.5 Å². The van der Waals surface area contributed by atoms with Crippen LogP contribution in [0.4, 0.5) is 11.4 Å². The predicted molar refractivity (Wildman–Crippen MR) is 108 cm³/mol. The van der Waals surface area contributed by atoms with E-state index in [1.54, 1.807) is 18.0 Å². The van der Waals surface area contributed by atoms with Crippen molar-refractivity contribution in [1.82, 2.24) is 4.90 Å². The van der Waals surface area contributed by atoms with Crippen LogP contribution in [0.1, 0.15) is 28.8 Å². The molecule has 0 radical (unpaired) electrons. The van der Waals surface area contributed by atoms with Gasteiger partial charge in [0.2, 0.25) is 0 Å². The molecule has 1 saturated heterocycles. The van der Waals surface area contributed by atoms with Crippen molar-refractivity contribution in [2.24, 2.45) is 0 Å². The summed E-state index contributed by atoms with van der Waals surface area (Å²) in [6.45, 7) is 4.46. The summed E-state index contributed by atoms with van der Waals surface area (Å²) in [5.41, 5.74) is 2.21. The fourth-order valence-corrected chi connectivity index (χ4v) is 3.28. The van der Waals surface area contributed by atoms with Crippen LogP contribution in [-0.2, 0) is 0 Å². The molecule has 1 aliphatic rings. The van der Waals surface area contributed by atoms with E-state index in [9.17, 15) is 14.9 Å². The number of carbonyl (C=O) groups excluding carboxylic acids is 1. The third-order valence-corrected chi connectivity index (χ3v) is 4.93. The van der Waals surface area contributed by atoms with Crippen molar-refractivity contribution in [1.29, 1.82) is 0 Å². The molecular weight excluding hydrogens is 358 g/mol. The molecule has 148 valence electrons. The van der Waals surface area contributed by atoms with Gasteiger partial charge in [0.05, 0.1) is 22.7 Å². The number of carbonyl (C=O) groups is 1. The van der Waals surface area contributed by atoms with E-state index in [0.717, 1.165) is 42.9 Å². The molecule has 0 bridgehead atoms. The Kier molecular flexibility index (Phi) is 6.13. The highest BCUT2D eigenvalue weighted by Gasteiger charge is 2.24. The number of hydrogen-bond acceptors (Lipinski definition) is 5. The Bertz CT molecular complexity index is 845. The second-order valence-electron chi connectivity index (χ2n) is 7.04. The van der Waals surface area contributed by atoms with Gasteiger partial charge >= 0.3 is 0 Å². The summed E-state index contributed by atoms with van der Waals surface area (Å²) in [6, 6.07) is 12.3. The van der Waals surface area contributed by atoms with E-state index in [0.29, 0.717) is 18.7 Å². The topological polar surface area (TPSA) is 75.9 Å². The van der Waals surface area contributed by atoms with Gasteiger partial charge in [-0.05, 0) is 38.0 Å². The molecule has 0 unspecified atom stereocenters. The van der Waals surface area contributed by atoms with Gasteiger partial charge in [-0.15, -0.1) is 0 Å². The van der Waals surface area contributed by atoms with Crippen molar-refractivity contribution in [3.8, 4) is 5.75 Å². The van der Waals surface area contributed by atoms with Crippen LogP contribution in [0.2, 0.25) is 0 Å². The molecule has 2 aromatic carbocycles. The third kappa shape index (κ3) is 4.60. The standard InChI is InChI=1S/C21H25N3O4/c1-16-5-8-18(9-6-16)28-14-13-22(2)21(25)19-15-17(24(26)27)7-10-20(19)23-11-3-4-12-23/h5-10,15H,3-4,11-14H2,1-2H3. The number of non-ortho nitro benzene ring substituents is 1. The molecule has 3 rings (SSSR count). The first-order valence-corrected chi connectivity index (χ1v) is 9.44. The van der Waals surface area contributed by atoms with Gasteiger partial charge in [0, 0.05) is 32.3 Å². The van der Waals surface area contributed by atoms with Crippen LogP contribution in [0, 0.1) is 17.0 Å². The molecule has 1 fully saturated rings. The van der Waals surface area contributed by atoms with Gasteiger partial charge in [0.25, 0.3) is 11.6 Å². The lowest BCUT2D eigenvalue weighted by atomic mass is 10.1. The van der Waals surface area contributed by atoms with Gasteiger partial charge in [-0.2, -0.15) is 0 Å². The van der Waals surface area contributed by atoms with E-state index in [1.807, 2.05) is 31.2 Å². The SMILES string of the molecule is Cc1ccc(OCCN(C)C(=O)c2cc([N+](=O)[O-])ccc2N2CCCC2)cc1. The summed E-state index contributed by atoms with van der Waals surface area (Å²) in [4.78, 5) is 27.4. The molecule has 1 amide bonds. The average Bonchev–Trinajstić information content (AvgIpc) is 3.23. The second-order valence-corrected chi connectivity index (χ2v) is 7.04. The number of nitro benzene ring substituents is 1. The van der Waals surface area contributed by atoms with Crippen LogP contribution < -0.4 is 9.64 Å². The third-order valence-electron chi connectivity index (χ3n) is 4.93. The average molecular weight is 383 g/mol. The lowest BCUT2D eigenvalue weighted by Crippen LogP contribution is -2.32.